The molecular weight excluding hydrogens is 396 g/mol. The standard InChI is InChI=1S/C23H28N4O2S/c1-30-21-9-5-8-19(16-21)24-22(28)25-12-10-20(11-13-25)27-15-14-26(23(27)29)17-18-6-3-2-4-7-18/h2-9,16,20H,10-15,17H2,1H3,(H,24,28). The predicted octanol–water partition coefficient (Wildman–Crippen LogP) is 4.34. The summed E-state index contributed by atoms with van der Waals surface area (Å²) in [6.45, 7) is 3.53. The van der Waals surface area contributed by atoms with Crippen LogP contribution in [-0.2, 0) is 6.54 Å². The molecule has 6 nitrogen and oxygen atoms in total. The Hall–Kier alpha value is -2.67. The molecule has 2 saturated heterocycles. The minimum Gasteiger partial charge on any atom is -0.324 e. The number of thioether (sulfide) groups is 1. The van der Waals surface area contributed by atoms with Crippen LogP contribution in [0.5, 0.6) is 0 Å². The first kappa shape index (κ1) is 20.6. The third kappa shape index (κ3) is 4.73. The average molecular weight is 425 g/mol. The summed E-state index contributed by atoms with van der Waals surface area (Å²) in [5, 5.41) is 3.00. The van der Waals surface area contributed by atoms with Crippen LogP contribution in [0.4, 0.5) is 15.3 Å². The highest BCUT2D eigenvalue weighted by molar-refractivity contribution is 7.98. The molecule has 4 rings (SSSR count). The third-order valence-corrected chi connectivity index (χ3v) is 6.58. The zero-order valence-corrected chi connectivity index (χ0v) is 18.1. The van der Waals surface area contributed by atoms with Crippen molar-refractivity contribution in [1.82, 2.24) is 14.7 Å². The van der Waals surface area contributed by atoms with Crippen molar-refractivity contribution in [3.63, 3.8) is 0 Å². The fourth-order valence-electron chi connectivity index (χ4n) is 4.17. The van der Waals surface area contributed by atoms with Crippen LogP contribution in [0.2, 0.25) is 0 Å². The molecule has 2 aromatic rings. The van der Waals surface area contributed by atoms with Crippen molar-refractivity contribution < 1.29 is 9.59 Å². The smallest absolute Gasteiger partial charge is 0.321 e. The quantitative estimate of drug-likeness (QED) is 0.727. The van der Waals surface area contributed by atoms with Crippen molar-refractivity contribution >= 4 is 29.5 Å². The first-order valence-corrected chi connectivity index (χ1v) is 11.7. The molecule has 1 N–H and O–H groups in total. The summed E-state index contributed by atoms with van der Waals surface area (Å²) in [5.74, 6) is 0. The Morgan fingerprint density at radius 1 is 1.03 bits per heavy atom. The molecule has 4 amide bonds. The van der Waals surface area contributed by atoms with Gasteiger partial charge in [-0.15, -0.1) is 11.8 Å². The Balaban J connectivity index is 1.28. The van der Waals surface area contributed by atoms with E-state index in [1.54, 1.807) is 11.8 Å². The van der Waals surface area contributed by atoms with E-state index in [0.29, 0.717) is 19.6 Å². The number of nitrogens with one attached hydrogen (secondary N) is 1. The molecular formula is C23H28N4O2S. The van der Waals surface area contributed by atoms with Gasteiger partial charge in [0.1, 0.15) is 0 Å². The lowest BCUT2D eigenvalue weighted by Crippen LogP contribution is -2.49. The second-order valence-corrected chi connectivity index (χ2v) is 8.64. The highest BCUT2D eigenvalue weighted by Gasteiger charge is 2.35. The summed E-state index contributed by atoms with van der Waals surface area (Å²) in [5.41, 5.74) is 1.98. The Morgan fingerprint density at radius 2 is 1.80 bits per heavy atom. The molecule has 0 aliphatic carbocycles. The van der Waals surface area contributed by atoms with Crippen LogP contribution in [0.3, 0.4) is 0 Å². The number of hydrogen-bond acceptors (Lipinski definition) is 3. The van der Waals surface area contributed by atoms with Gasteiger partial charge in [-0.05, 0) is 42.9 Å². The molecule has 0 atom stereocenters. The minimum atomic E-state index is -0.0647. The van der Waals surface area contributed by atoms with Crippen molar-refractivity contribution in [2.75, 3.05) is 37.8 Å². The van der Waals surface area contributed by atoms with Gasteiger partial charge in [0.15, 0.2) is 0 Å². The van der Waals surface area contributed by atoms with E-state index in [1.165, 1.54) is 0 Å². The number of carbonyl (C=O) groups excluding carboxylic acids is 2. The number of nitrogens with zero attached hydrogens (tertiary/aromatic N) is 3. The van der Waals surface area contributed by atoms with Gasteiger partial charge in [-0.3, -0.25) is 0 Å². The normalized spacial score (nSPS) is 17.5. The third-order valence-electron chi connectivity index (χ3n) is 5.86. The molecule has 2 aliphatic heterocycles. The van der Waals surface area contributed by atoms with E-state index in [2.05, 4.69) is 17.4 Å². The first-order chi connectivity index (χ1) is 14.6. The molecule has 30 heavy (non-hydrogen) atoms. The fourth-order valence-corrected chi connectivity index (χ4v) is 4.63. The van der Waals surface area contributed by atoms with Crippen molar-refractivity contribution in [2.45, 2.75) is 30.3 Å². The molecule has 0 unspecified atom stereocenters. The Morgan fingerprint density at radius 3 is 2.53 bits per heavy atom. The van der Waals surface area contributed by atoms with Crippen molar-refractivity contribution in [3.8, 4) is 0 Å². The number of carbonyl (C=O) groups is 2. The van der Waals surface area contributed by atoms with E-state index < -0.39 is 0 Å². The van der Waals surface area contributed by atoms with Crippen molar-refractivity contribution in [3.05, 3.63) is 60.2 Å². The maximum absolute atomic E-state index is 12.9. The van der Waals surface area contributed by atoms with Gasteiger partial charge in [-0.25, -0.2) is 9.59 Å². The number of amides is 4. The zero-order valence-electron chi connectivity index (χ0n) is 17.3. The van der Waals surface area contributed by atoms with Gasteiger partial charge < -0.3 is 20.0 Å². The van der Waals surface area contributed by atoms with Crippen molar-refractivity contribution in [1.29, 1.82) is 0 Å². The molecule has 0 bridgehead atoms. The topological polar surface area (TPSA) is 55.9 Å². The van der Waals surface area contributed by atoms with Gasteiger partial charge in [0, 0.05) is 49.3 Å². The number of hydrogen-bond donors (Lipinski definition) is 1. The van der Waals surface area contributed by atoms with Crippen LogP contribution in [-0.4, -0.2) is 65.2 Å². The summed E-state index contributed by atoms with van der Waals surface area (Å²) in [6.07, 6.45) is 3.67. The molecule has 0 radical (unpaired) electrons. The van der Waals surface area contributed by atoms with Gasteiger partial charge in [-0.1, -0.05) is 36.4 Å². The molecule has 0 saturated carbocycles. The fraction of sp³-hybridized carbons (Fsp3) is 0.391. The second kappa shape index (κ2) is 9.43. The summed E-state index contributed by atoms with van der Waals surface area (Å²) in [4.78, 5) is 32.4. The van der Waals surface area contributed by atoms with Gasteiger partial charge >= 0.3 is 12.1 Å². The van der Waals surface area contributed by atoms with E-state index in [4.69, 9.17) is 0 Å². The Kier molecular flexibility index (Phi) is 6.47. The Bertz CT molecular complexity index is 884. The Labute approximate surface area is 182 Å². The summed E-state index contributed by atoms with van der Waals surface area (Å²) < 4.78 is 0. The SMILES string of the molecule is CSc1cccc(NC(=O)N2CCC(N3CCN(Cc4ccccc4)C3=O)CC2)c1. The molecule has 2 aromatic carbocycles. The molecule has 158 valence electrons. The number of benzene rings is 2. The van der Waals surface area contributed by atoms with Gasteiger partial charge in [-0.2, -0.15) is 0 Å². The molecule has 0 spiro atoms. The molecule has 2 aliphatic rings. The van der Waals surface area contributed by atoms with Crippen LogP contribution in [0.1, 0.15) is 18.4 Å². The number of piperidine rings is 1. The van der Waals surface area contributed by atoms with Gasteiger partial charge in [0.25, 0.3) is 0 Å². The van der Waals surface area contributed by atoms with E-state index in [0.717, 1.165) is 42.1 Å². The lowest BCUT2D eigenvalue weighted by Gasteiger charge is -2.36. The zero-order chi connectivity index (χ0) is 20.9. The van der Waals surface area contributed by atoms with Gasteiger partial charge in [0.05, 0.1) is 0 Å². The van der Waals surface area contributed by atoms with E-state index >= 15 is 0 Å². The van der Waals surface area contributed by atoms with Crippen LogP contribution in [0, 0.1) is 0 Å². The van der Waals surface area contributed by atoms with E-state index in [1.807, 2.05) is 63.4 Å². The summed E-state index contributed by atoms with van der Waals surface area (Å²) in [7, 11) is 0. The maximum Gasteiger partial charge on any atom is 0.321 e. The highest BCUT2D eigenvalue weighted by Crippen LogP contribution is 2.24. The summed E-state index contributed by atoms with van der Waals surface area (Å²) in [6, 6.07) is 18.3. The molecule has 2 heterocycles. The van der Waals surface area contributed by atoms with Crippen LogP contribution >= 0.6 is 11.8 Å². The largest absolute Gasteiger partial charge is 0.324 e. The number of urea groups is 2. The maximum atomic E-state index is 12.9. The molecule has 2 fully saturated rings. The average Bonchev–Trinajstić information content (AvgIpc) is 3.14. The number of anilines is 1. The lowest BCUT2D eigenvalue weighted by atomic mass is 10.0. The first-order valence-electron chi connectivity index (χ1n) is 10.4. The van der Waals surface area contributed by atoms with E-state index in [9.17, 15) is 9.59 Å². The molecule has 7 heteroatoms. The van der Waals surface area contributed by atoms with Crippen LogP contribution in [0.25, 0.3) is 0 Å². The van der Waals surface area contributed by atoms with Crippen molar-refractivity contribution in [2.24, 2.45) is 0 Å². The number of likely N-dealkylation sites (tertiary alicyclic amines) is 1. The van der Waals surface area contributed by atoms with Gasteiger partial charge in [0.2, 0.25) is 0 Å². The molecule has 0 aromatic heterocycles. The highest BCUT2D eigenvalue weighted by atomic mass is 32.2. The monoisotopic (exact) mass is 424 g/mol. The summed E-state index contributed by atoms with van der Waals surface area (Å²) >= 11 is 1.65. The number of rotatable bonds is 5. The lowest BCUT2D eigenvalue weighted by molar-refractivity contribution is 0.139. The minimum absolute atomic E-state index is 0.0647. The van der Waals surface area contributed by atoms with E-state index in [-0.39, 0.29) is 18.1 Å². The second-order valence-electron chi connectivity index (χ2n) is 7.76. The predicted molar refractivity (Wildman–Crippen MR) is 121 cm³/mol. The van der Waals surface area contributed by atoms with Crippen LogP contribution in [0.15, 0.2) is 59.5 Å². The van der Waals surface area contributed by atoms with Crippen LogP contribution < -0.4 is 5.32 Å².